The molecule has 1 atom stereocenters. The Morgan fingerprint density at radius 2 is 1.95 bits per heavy atom. The molecule has 1 aliphatic rings. The second-order valence-electron chi connectivity index (χ2n) is 5.21. The van der Waals surface area contributed by atoms with E-state index in [2.05, 4.69) is 6.58 Å². The molecule has 0 saturated carbocycles. The van der Waals surface area contributed by atoms with Crippen LogP contribution in [0.15, 0.2) is 60.7 Å². The molecule has 1 heterocycles. The summed E-state index contributed by atoms with van der Waals surface area (Å²) in [5.41, 5.74) is 2.61. The van der Waals surface area contributed by atoms with Gasteiger partial charge in [-0.15, -0.1) is 0 Å². The highest BCUT2D eigenvalue weighted by atomic mass is 16.5. The number of carbonyl (C=O) groups is 1. The van der Waals surface area contributed by atoms with Crippen molar-refractivity contribution in [2.24, 2.45) is 0 Å². The molecular weight excluding hydrogens is 248 g/mol. The van der Waals surface area contributed by atoms with Crippen LogP contribution in [-0.4, -0.2) is 12.1 Å². The maximum Gasteiger partial charge on any atom is 0.339 e. The van der Waals surface area contributed by atoms with E-state index in [-0.39, 0.29) is 12.1 Å². The molecule has 100 valence electrons. The first-order valence-corrected chi connectivity index (χ1v) is 6.70. The largest absolute Gasteiger partial charge is 0.454 e. The third kappa shape index (κ3) is 2.25. The molecule has 2 aromatic rings. The minimum Gasteiger partial charge on any atom is -0.454 e. The Kier molecular flexibility index (Phi) is 3.15. The topological polar surface area (TPSA) is 26.3 Å². The van der Waals surface area contributed by atoms with Gasteiger partial charge in [-0.2, -0.15) is 0 Å². The van der Waals surface area contributed by atoms with Crippen LogP contribution in [0, 0.1) is 0 Å². The van der Waals surface area contributed by atoms with Gasteiger partial charge in [-0.05, 0) is 29.3 Å². The van der Waals surface area contributed by atoms with Crippen LogP contribution in [0.25, 0.3) is 16.3 Å². The van der Waals surface area contributed by atoms with Crippen LogP contribution >= 0.6 is 0 Å². The lowest BCUT2D eigenvalue weighted by molar-refractivity contribution is -0.137. The van der Waals surface area contributed by atoms with Crippen LogP contribution < -0.4 is 0 Å². The second-order valence-corrected chi connectivity index (χ2v) is 5.21. The first-order valence-electron chi connectivity index (χ1n) is 6.70. The monoisotopic (exact) mass is 264 g/mol. The van der Waals surface area contributed by atoms with Gasteiger partial charge in [0.05, 0.1) is 5.57 Å². The fraction of sp³-hybridized carbons (Fsp3) is 0.167. The zero-order valence-corrected chi connectivity index (χ0v) is 11.4. The summed E-state index contributed by atoms with van der Waals surface area (Å²) in [7, 11) is 0. The molecule has 0 aromatic heterocycles. The van der Waals surface area contributed by atoms with E-state index in [1.165, 1.54) is 0 Å². The highest BCUT2D eigenvalue weighted by Crippen LogP contribution is 2.31. The van der Waals surface area contributed by atoms with Gasteiger partial charge in [-0.3, -0.25) is 0 Å². The quantitative estimate of drug-likeness (QED) is 0.616. The summed E-state index contributed by atoms with van der Waals surface area (Å²) in [5.74, 6) is -0.243. The third-order valence-electron chi connectivity index (χ3n) is 3.46. The highest BCUT2D eigenvalue weighted by molar-refractivity contribution is 6.21. The molecule has 2 heteroatoms. The highest BCUT2D eigenvalue weighted by Gasteiger charge is 2.27. The Morgan fingerprint density at radius 3 is 2.75 bits per heavy atom. The first kappa shape index (κ1) is 12.7. The van der Waals surface area contributed by atoms with Gasteiger partial charge in [-0.25, -0.2) is 4.79 Å². The number of ether oxygens (including phenoxy) is 1. The molecule has 0 spiro atoms. The predicted octanol–water partition coefficient (Wildman–Crippen LogP) is 4.11. The molecule has 2 aromatic carbocycles. The summed E-state index contributed by atoms with van der Waals surface area (Å²) in [5, 5.41) is 2.20. The van der Waals surface area contributed by atoms with E-state index in [0.29, 0.717) is 12.0 Å². The van der Waals surface area contributed by atoms with Gasteiger partial charge in [-0.1, -0.05) is 54.6 Å². The average Bonchev–Trinajstić information content (AvgIpc) is 2.78. The molecule has 0 radical (unpaired) electrons. The van der Waals surface area contributed by atoms with Crippen LogP contribution in [0.5, 0.6) is 0 Å². The van der Waals surface area contributed by atoms with Crippen molar-refractivity contribution in [2.45, 2.75) is 19.4 Å². The summed E-state index contributed by atoms with van der Waals surface area (Å²) in [4.78, 5) is 12.1. The lowest BCUT2D eigenvalue weighted by Crippen LogP contribution is -2.08. The van der Waals surface area contributed by atoms with E-state index in [1.54, 1.807) is 0 Å². The predicted molar refractivity (Wildman–Crippen MR) is 81.2 cm³/mol. The Bertz CT molecular complexity index is 720. The number of fused-ring (bicyclic) bond motifs is 1. The number of carbonyl (C=O) groups excluding carboxylic acids is 1. The van der Waals surface area contributed by atoms with Crippen LogP contribution in [0.4, 0.5) is 0 Å². The summed E-state index contributed by atoms with van der Waals surface area (Å²) < 4.78 is 5.40. The standard InChI is InChI=1S/C18H16O2/c1-12(2)10-14-11-17(18(19)20-14)16-9-5-7-13-6-3-4-8-15(13)16/h3-9,11,14H,1,10H2,2H3/t14-/m1/s1. The molecule has 0 amide bonds. The number of cyclic esters (lactones) is 1. The number of esters is 1. The van der Waals surface area contributed by atoms with Crippen molar-refractivity contribution in [1.82, 2.24) is 0 Å². The molecule has 0 fully saturated rings. The molecule has 0 bridgehead atoms. The van der Waals surface area contributed by atoms with Gasteiger partial charge < -0.3 is 4.74 Å². The number of benzene rings is 2. The maximum atomic E-state index is 12.1. The zero-order chi connectivity index (χ0) is 14.1. The fourth-order valence-corrected chi connectivity index (χ4v) is 2.59. The molecule has 1 aliphatic heterocycles. The lowest BCUT2D eigenvalue weighted by Gasteiger charge is -2.06. The van der Waals surface area contributed by atoms with Crippen LogP contribution in [0.3, 0.4) is 0 Å². The van der Waals surface area contributed by atoms with Crippen molar-refractivity contribution in [2.75, 3.05) is 0 Å². The summed E-state index contributed by atoms with van der Waals surface area (Å²) >= 11 is 0. The van der Waals surface area contributed by atoms with Gasteiger partial charge in [0.2, 0.25) is 0 Å². The van der Waals surface area contributed by atoms with E-state index in [0.717, 1.165) is 21.9 Å². The van der Waals surface area contributed by atoms with Crippen molar-refractivity contribution in [3.8, 4) is 0 Å². The smallest absolute Gasteiger partial charge is 0.339 e. The zero-order valence-electron chi connectivity index (χ0n) is 11.4. The Morgan fingerprint density at radius 1 is 1.20 bits per heavy atom. The molecule has 3 rings (SSSR count). The summed E-state index contributed by atoms with van der Waals surface area (Å²) in [6, 6.07) is 14.0. The molecule has 0 unspecified atom stereocenters. The molecule has 0 N–H and O–H groups in total. The van der Waals surface area contributed by atoms with E-state index in [1.807, 2.05) is 55.5 Å². The van der Waals surface area contributed by atoms with Gasteiger partial charge in [0.25, 0.3) is 0 Å². The maximum absolute atomic E-state index is 12.1. The molecular formula is C18H16O2. The minimum atomic E-state index is -0.243. The first-order chi connectivity index (χ1) is 9.65. The van der Waals surface area contributed by atoms with Crippen molar-refractivity contribution >= 4 is 22.3 Å². The Labute approximate surface area is 118 Å². The lowest BCUT2D eigenvalue weighted by atomic mass is 9.98. The summed E-state index contributed by atoms with van der Waals surface area (Å²) in [6.07, 6.45) is 2.41. The van der Waals surface area contributed by atoms with Crippen molar-refractivity contribution in [3.63, 3.8) is 0 Å². The molecule has 2 nitrogen and oxygen atoms in total. The third-order valence-corrected chi connectivity index (χ3v) is 3.46. The van der Waals surface area contributed by atoms with Gasteiger partial charge in [0.15, 0.2) is 0 Å². The van der Waals surface area contributed by atoms with Gasteiger partial charge in [0.1, 0.15) is 6.10 Å². The molecule has 0 aliphatic carbocycles. The van der Waals surface area contributed by atoms with Crippen LogP contribution in [0.2, 0.25) is 0 Å². The Hall–Kier alpha value is -2.35. The molecule has 20 heavy (non-hydrogen) atoms. The normalized spacial score (nSPS) is 17.9. The van der Waals surface area contributed by atoms with Gasteiger partial charge >= 0.3 is 5.97 Å². The SMILES string of the molecule is C=C(C)C[C@@H]1C=C(c2cccc3ccccc23)C(=O)O1. The molecule has 0 saturated heterocycles. The number of hydrogen-bond acceptors (Lipinski definition) is 2. The van der Waals surface area contributed by atoms with E-state index in [9.17, 15) is 4.79 Å². The van der Waals surface area contributed by atoms with E-state index >= 15 is 0 Å². The van der Waals surface area contributed by atoms with Crippen LogP contribution in [-0.2, 0) is 9.53 Å². The van der Waals surface area contributed by atoms with Gasteiger partial charge in [0, 0.05) is 6.42 Å². The van der Waals surface area contributed by atoms with Crippen LogP contribution in [0.1, 0.15) is 18.9 Å². The number of hydrogen-bond donors (Lipinski definition) is 0. The fourth-order valence-electron chi connectivity index (χ4n) is 2.59. The minimum absolute atomic E-state index is 0.186. The van der Waals surface area contributed by atoms with E-state index in [4.69, 9.17) is 4.74 Å². The number of rotatable bonds is 3. The van der Waals surface area contributed by atoms with Crippen molar-refractivity contribution in [3.05, 3.63) is 66.3 Å². The second kappa shape index (κ2) is 4.97. The van der Waals surface area contributed by atoms with Crippen molar-refractivity contribution in [1.29, 1.82) is 0 Å². The van der Waals surface area contributed by atoms with Crippen molar-refractivity contribution < 1.29 is 9.53 Å². The Balaban J connectivity index is 2.06. The average molecular weight is 264 g/mol. The van der Waals surface area contributed by atoms with E-state index < -0.39 is 0 Å². The summed E-state index contributed by atoms with van der Waals surface area (Å²) in [6.45, 7) is 5.81.